The molecule has 0 spiro atoms. The zero-order chi connectivity index (χ0) is 12.7. The molecule has 0 aliphatic carbocycles. The van der Waals surface area contributed by atoms with Crippen molar-refractivity contribution in [2.45, 2.75) is 17.5 Å². The first-order valence-electron chi connectivity index (χ1n) is 5.17. The van der Waals surface area contributed by atoms with Crippen molar-refractivity contribution in [2.75, 3.05) is 19.9 Å². The van der Waals surface area contributed by atoms with Gasteiger partial charge in [0.2, 0.25) is 0 Å². The molecule has 1 unspecified atom stereocenters. The molecule has 1 atom stereocenters. The standard InChI is InChI=1S/C11H15ClN2O2S/c1-13-9(11(15)16-2)5-6-17-10-4-3-8(12)7-14-10/h3-4,7,9,13H,5-6H2,1-2H3. The number of hydrogen-bond acceptors (Lipinski definition) is 5. The molecule has 0 amide bonds. The van der Waals surface area contributed by atoms with Crippen molar-refractivity contribution in [1.82, 2.24) is 10.3 Å². The van der Waals surface area contributed by atoms with Gasteiger partial charge in [-0.25, -0.2) is 4.98 Å². The van der Waals surface area contributed by atoms with E-state index in [4.69, 9.17) is 11.6 Å². The summed E-state index contributed by atoms with van der Waals surface area (Å²) in [5.41, 5.74) is 0. The quantitative estimate of drug-likeness (QED) is 0.635. The van der Waals surface area contributed by atoms with E-state index < -0.39 is 0 Å². The van der Waals surface area contributed by atoms with E-state index in [0.717, 1.165) is 10.8 Å². The molecule has 1 rings (SSSR count). The molecule has 0 aliphatic heterocycles. The summed E-state index contributed by atoms with van der Waals surface area (Å²) in [7, 11) is 3.13. The van der Waals surface area contributed by atoms with Crippen LogP contribution in [0, 0.1) is 0 Å². The second-order valence-electron chi connectivity index (χ2n) is 3.32. The minimum absolute atomic E-state index is 0.239. The van der Waals surface area contributed by atoms with Crippen LogP contribution in [0.4, 0.5) is 0 Å². The molecule has 94 valence electrons. The first kappa shape index (κ1) is 14.3. The number of carbonyl (C=O) groups is 1. The van der Waals surface area contributed by atoms with E-state index in [2.05, 4.69) is 15.0 Å². The third-order valence-electron chi connectivity index (χ3n) is 2.19. The zero-order valence-electron chi connectivity index (χ0n) is 9.77. The summed E-state index contributed by atoms with van der Waals surface area (Å²) >= 11 is 7.32. The van der Waals surface area contributed by atoms with Crippen molar-refractivity contribution in [1.29, 1.82) is 0 Å². The van der Waals surface area contributed by atoms with Gasteiger partial charge in [0.25, 0.3) is 0 Å². The Labute approximate surface area is 110 Å². The number of carbonyl (C=O) groups excluding carboxylic acids is 1. The van der Waals surface area contributed by atoms with Crippen LogP contribution in [0.2, 0.25) is 5.02 Å². The number of halogens is 1. The first-order chi connectivity index (χ1) is 8.17. The fraction of sp³-hybridized carbons (Fsp3) is 0.455. The summed E-state index contributed by atoms with van der Waals surface area (Å²) in [5.74, 6) is 0.548. The molecule has 0 aliphatic rings. The lowest BCUT2D eigenvalue weighted by atomic mass is 10.2. The maximum atomic E-state index is 11.3. The Hall–Kier alpha value is -0.780. The molecule has 1 N–H and O–H groups in total. The van der Waals surface area contributed by atoms with E-state index in [-0.39, 0.29) is 12.0 Å². The fourth-order valence-electron chi connectivity index (χ4n) is 1.25. The Morgan fingerprint density at radius 3 is 2.94 bits per heavy atom. The number of thioether (sulfide) groups is 1. The van der Waals surface area contributed by atoms with Crippen molar-refractivity contribution >= 4 is 29.3 Å². The number of esters is 1. The number of likely N-dealkylation sites (N-methyl/N-ethyl adjacent to an activating group) is 1. The van der Waals surface area contributed by atoms with Gasteiger partial charge in [-0.15, -0.1) is 11.8 Å². The van der Waals surface area contributed by atoms with Crippen LogP contribution in [0.1, 0.15) is 6.42 Å². The second-order valence-corrected chi connectivity index (χ2v) is 4.87. The number of aromatic nitrogens is 1. The van der Waals surface area contributed by atoms with Gasteiger partial charge in [0.1, 0.15) is 6.04 Å². The average molecular weight is 275 g/mol. The van der Waals surface area contributed by atoms with Gasteiger partial charge in [-0.3, -0.25) is 4.79 Å². The molecular weight excluding hydrogens is 260 g/mol. The van der Waals surface area contributed by atoms with Gasteiger partial charge in [0.05, 0.1) is 17.2 Å². The predicted octanol–water partition coefficient (Wildman–Crippen LogP) is 1.98. The van der Waals surface area contributed by atoms with Gasteiger partial charge in [-0.2, -0.15) is 0 Å². The van der Waals surface area contributed by atoms with Gasteiger partial charge >= 0.3 is 5.97 Å². The zero-order valence-corrected chi connectivity index (χ0v) is 11.3. The maximum absolute atomic E-state index is 11.3. The Balaban J connectivity index is 2.36. The molecule has 0 bridgehead atoms. The van der Waals surface area contributed by atoms with Crippen molar-refractivity contribution in [3.05, 3.63) is 23.4 Å². The van der Waals surface area contributed by atoms with E-state index in [1.807, 2.05) is 6.07 Å². The van der Waals surface area contributed by atoms with Crippen LogP contribution in [-0.2, 0) is 9.53 Å². The van der Waals surface area contributed by atoms with Crippen LogP contribution >= 0.6 is 23.4 Å². The van der Waals surface area contributed by atoms with Gasteiger partial charge in [-0.05, 0) is 25.6 Å². The topological polar surface area (TPSA) is 51.2 Å². The molecule has 6 heteroatoms. The molecule has 0 radical (unpaired) electrons. The van der Waals surface area contributed by atoms with Crippen molar-refractivity contribution < 1.29 is 9.53 Å². The van der Waals surface area contributed by atoms with Gasteiger partial charge in [0, 0.05) is 11.9 Å². The molecule has 0 saturated heterocycles. The van der Waals surface area contributed by atoms with E-state index in [9.17, 15) is 4.79 Å². The summed E-state index contributed by atoms with van der Waals surface area (Å²) in [6, 6.07) is 3.39. The Morgan fingerprint density at radius 1 is 1.65 bits per heavy atom. The molecule has 17 heavy (non-hydrogen) atoms. The third kappa shape index (κ3) is 4.93. The molecule has 4 nitrogen and oxygen atoms in total. The third-order valence-corrected chi connectivity index (χ3v) is 3.39. The molecule has 0 fully saturated rings. The number of rotatable bonds is 6. The number of nitrogens with one attached hydrogen (secondary N) is 1. The molecular formula is C11H15ClN2O2S. The smallest absolute Gasteiger partial charge is 0.322 e. The van der Waals surface area contributed by atoms with Crippen LogP contribution in [0.5, 0.6) is 0 Å². The summed E-state index contributed by atoms with van der Waals surface area (Å²) in [4.78, 5) is 15.5. The van der Waals surface area contributed by atoms with Crippen molar-refractivity contribution in [3.8, 4) is 0 Å². The van der Waals surface area contributed by atoms with Crippen LogP contribution in [0.15, 0.2) is 23.4 Å². The highest BCUT2D eigenvalue weighted by atomic mass is 35.5. The normalized spacial score (nSPS) is 12.2. The minimum atomic E-state index is -0.264. The first-order valence-corrected chi connectivity index (χ1v) is 6.53. The van der Waals surface area contributed by atoms with Crippen LogP contribution in [0.25, 0.3) is 0 Å². The summed E-state index contributed by atoms with van der Waals surface area (Å²) in [5, 5.41) is 4.44. The number of ether oxygens (including phenoxy) is 1. The summed E-state index contributed by atoms with van der Waals surface area (Å²) in [6.45, 7) is 0. The van der Waals surface area contributed by atoms with Crippen LogP contribution in [-0.4, -0.2) is 36.9 Å². The summed E-state index contributed by atoms with van der Waals surface area (Å²) in [6.07, 6.45) is 2.30. The van der Waals surface area contributed by atoms with E-state index in [1.54, 1.807) is 31.1 Å². The molecule has 1 heterocycles. The molecule has 1 aromatic rings. The fourth-order valence-corrected chi connectivity index (χ4v) is 2.22. The Kier molecular flexibility index (Phi) is 6.32. The van der Waals surface area contributed by atoms with Crippen LogP contribution in [0.3, 0.4) is 0 Å². The van der Waals surface area contributed by atoms with Crippen molar-refractivity contribution in [3.63, 3.8) is 0 Å². The van der Waals surface area contributed by atoms with Crippen molar-refractivity contribution in [2.24, 2.45) is 0 Å². The van der Waals surface area contributed by atoms with E-state index in [0.29, 0.717) is 11.4 Å². The lowest BCUT2D eigenvalue weighted by Crippen LogP contribution is -2.35. The number of methoxy groups -OCH3 is 1. The average Bonchev–Trinajstić information content (AvgIpc) is 2.36. The Morgan fingerprint density at radius 2 is 2.41 bits per heavy atom. The predicted molar refractivity (Wildman–Crippen MR) is 69.5 cm³/mol. The van der Waals surface area contributed by atoms with Gasteiger partial charge < -0.3 is 10.1 Å². The largest absolute Gasteiger partial charge is 0.468 e. The van der Waals surface area contributed by atoms with Gasteiger partial charge in [-0.1, -0.05) is 11.6 Å². The molecule has 0 aromatic carbocycles. The number of hydrogen-bond donors (Lipinski definition) is 1. The van der Waals surface area contributed by atoms with Gasteiger partial charge in [0.15, 0.2) is 0 Å². The summed E-state index contributed by atoms with van der Waals surface area (Å²) < 4.78 is 4.68. The molecule has 1 aromatic heterocycles. The van der Waals surface area contributed by atoms with E-state index in [1.165, 1.54) is 7.11 Å². The highest BCUT2D eigenvalue weighted by molar-refractivity contribution is 7.99. The molecule has 0 saturated carbocycles. The highest BCUT2D eigenvalue weighted by Crippen LogP contribution is 2.18. The Bertz CT molecular complexity index is 359. The highest BCUT2D eigenvalue weighted by Gasteiger charge is 2.16. The second kappa shape index (κ2) is 7.53. The number of pyridine rings is 1. The van der Waals surface area contributed by atoms with Crippen LogP contribution < -0.4 is 5.32 Å². The lowest BCUT2D eigenvalue weighted by Gasteiger charge is -2.12. The van der Waals surface area contributed by atoms with E-state index >= 15 is 0 Å². The SMILES string of the molecule is CNC(CCSc1ccc(Cl)cn1)C(=O)OC. The maximum Gasteiger partial charge on any atom is 0.322 e. The lowest BCUT2D eigenvalue weighted by molar-refractivity contribution is -0.143. The monoisotopic (exact) mass is 274 g/mol. The minimum Gasteiger partial charge on any atom is -0.468 e. The number of nitrogens with zero attached hydrogens (tertiary/aromatic N) is 1.